The van der Waals surface area contributed by atoms with Gasteiger partial charge in [-0.25, -0.2) is 17.5 Å². The fourth-order valence-corrected chi connectivity index (χ4v) is 3.95. The topological polar surface area (TPSA) is 86.8 Å². The van der Waals surface area contributed by atoms with E-state index in [0.717, 1.165) is 24.8 Å². The highest BCUT2D eigenvalue weighted by molar-refractivity contribution is 7.89. The van der Waals surface area contributed by atoms with Crippen LogP contribution in [-0.4, -0.2) is 55.7 Å². The summed E-state index contributed by atoms with van der Waals surface area (Å²) in [5, 5.41) is 2.63. The second-order valence-corrected chi connectivity index (χ2v) is 8.01. The van der Waals surface area contributed by atoms with E-state index in [-0.39, 0.29) is 4.90 Å². The first-order valence-corrected chi connectivity index (χ1v) is 9.95. The molecule has 7 nitrogen and oxygen atoms in total. The number of likely N-dealkylation sites (tertiary alicyclic amines) is 1. The zero-order valence-corrected chi connectivity index (χ0v) is 15.5. The van der Waals surface area contributed by atoms with E-state index in [2.05, 4.69) is 5.32 Å². The highest BCUT2D eigenvalue weighted by Crippen LogP contribution is 2.20. The summed E-state index contributed by atoms with van der Waals surface area (Å²) < 4.78 is 26.6. The van der Waals surface area contributed by atoms with E-state index in [1.807, 2.05) is 13.8 Å². The molecule has 8 heteroatoms. The van der Waals surface area contributed by atoms with Gasteiger partial charge in [-0.05, 0) is 38.3 Å². The third-order valence-corrected chi connectivity index (χ3v) is 5.79. The summed E-state index contributed by atoms with van der Waals surface area (Å²) in [5.74, 6) is -0.481. The standard InChI is InChI=1S/C17H25N3O4S/c1-3-10-18-16(21)13-20(17(22)19-11-4-5-12-19)25(23,24)15-8-6-14(2)7-9-15/h6-9H,3-5,10-13H2,1-2H3,(H,18,21). The minimum atomic E-state index is -4.09. The molecule has 0 saturated carbocycles. The van der Waals surface area contributed by atoms with Crippen molar-refractivity contribution in [3.05, 3.63) is 29.8 Å². The molecule has 0 atom stereocenters. The van der Waals surface area contributed by atoms with Crippen molar-refractivity contribution in [1.29, 1.82) is 0 Å². The fourth-order valence-electron chi connectivity index (χ4n) is 2.61. The summed E-state index contributed by atoms with van der Waals surface area (Å²) in [6, 6.07) is 5.62. The number of carbonyl (C=O) groups excluding carboxylic acids is 2. The predicted molar refractivity (Wildman–Crippen MR) is 94.6 cm³/mol. The Morgan fingerprint density at radius 3 is 2.32 bits per heavy atom. The monoisotopic (exact) mass is 367 g/mol. The van der Waals surface area contributed by atoms with Crippen molar-refractivity contribution in [1.82, 2.24) is 14.5 Å². The molecule has 25 heavy (non-hydrogen) atoms. The molecule has 138 valence electrons. The van der Waals surface area contributed by atoms with Crippen LogP contribution < -0.4 is 5.32 Å². The zero-order valence-electron chi connectivity index (χ0n) is 14.7. The largest absolute Gasteiger partial charge is 0.355 e. The Labute approximate surface area is 149 Å². The molecular formula is C17H25N3O4S. The van der Waals surface area contributed by atoms with Crippen molar-refractivity contribution in [3.8, 4) is 0 Å². The molecule has 1 aromatic carbocycles. The van der Waals surface area contributed by atoms with Crippen LogP contribution in [0.4, 0.5) is 4.79 Å². The number of amides is 3. The lowest BCUT2D eigenvalue weighted by atomic mass is 10.2. The smallest absolute Gasteiger partial charge is 0.334 e. The van der Waals surface area contributed by atoms with Gasteiger partial charge in [0.2, 0.25) is 5.91 Å². The van der Waals surface area contributed by atoms with Crippen molar-refractivity contribution in [2.75, 3.05) is 26.2 Å². The maximum atomic E-state index is 12.9. The first kappa shape index (κ1) is 19.2. The number of benzene rings is 1. The quantitative estimate of drug-likeness (QED) is 0.829. The lowest BCUT2D eigenvalue weighted by molar-refractivity contribution is -0.121. The van der Waals surface area contributed by atoms with Crippen molar-refractivity contribution < 1.29 is 18.0 Å². The van der Waals surface area contributed by atoms with Gasteiger partial charge in [0.1, 0.15) is 6.54 Å². The van der Waals surface area contributed by atoms with Gasteiger partial charge in [-0.3, -0.25) is 4.79 Å². The van der Waals surface area contributed by atoms with Crippen LogP contribution in [0.3, 0.4) is 0 Å². The summed E-state index contributed by atoms with van der Waals surface area (Å²) >= 11 is 0. The number of rotatable bonds is 6. The molecule has 0 aromatic heterocycles. The summed E-state index contributed by atoms with van der Waals surface area (Å²) in [6.07, 6.45) is 2.41. The Morgan fingerprint density at radius 2 is 1.76 bits per heavy atom. The van der Waals surface area contributed by atoms with E-state index >= 15 is 0 Å². The average molecular weight is 367 g/mol. The van der Waals surface area contributed by atoms with Crippen LogP contribution in [0.25, 0.3) is 0 Å². The molecule has 0 spiro atoms. The SMILES string of the molecule is CCCNC(=O)CN(C(=O)N1CCCC1)S(=O)(=O)c1ccc(C)cc1. The third-order valence-electron chi connectivity index (χ3n) is 4.06. The maximum Gasteiger partial charge on any atom is 0.334 e. The number of nitrogens with one attached hydrogen (secondary N) is 1. The summed E-state index contributed by atoms with van der Waals surface area (Å²) in [4.78, 5) is 26.3. The minimum Gasteiger partial charge on any atom is -0.355 e. The van der Waals surface area contributed by atoms with Gasteiger partial charge in [0.05, 0.1) is 4.90 Å². The molecule has 1 aliphatic rings. The van der Waals surface area contributed by atoms with Gasteiger partial charge in [0, 0.05) is 19.6 Å². The number of urea groups is 1. The molecule has 0 radical (unpaired) electrons. The molecule has 3 amide bonds. The highest BCUT2D eigenvalue weighted by atomic mass is 32.2. The Hall–Kier alpha value is -2.09. The zero-order chi connectivity index (χ0) is 18.4. The van der Waals surface area contributed by atoms with Crippen molar-refractivity contribution in [3.63, 3.8) is 0 Å². The molecule has 1 aromatic rings. The van der Waals surface area contributed by atoms with E-state index in [4.69, 9.17) is 0 Å². The lowest BCUT2D eigenvalue weighted by Crippen LogP contribution is -2.49. The number of aryl methyl sites for hydroxylation is 1. The Kier molecular flexibility index (Phi) is 6.41. The number of sulfonamides is 1. The van der Waals surface area contributed by atoms with Crippen LogP contribution in [0.15, 0.2) is 29.2 Å². The van der Waals surface area contributed by atoms with E-state index in [0.29, 0.717) is 23.9 Å². The van der Waals surface area contributed by atoms with Crippen LogP contribution in [0, 0.1) is 6.92 Å². The van der Waals surface area contributed by atoms with Crippen LogP contribution in [0.2, 0.25) is 0 Å². The van der Waals surface area contributed by atoms with E-state index in [1.54, 1.807) is 12.1 Å². The first-order chi connectivity index (χ1) is 11.9. The lowest BCUT2D eigenvalue weighted by Gasteiger charge is -2.27. The molecule has 1 fully saturated rings. The van der Waals surface area contributed by atoms with Gasteiger partial charge in [0.15, 0.2) is 0 Å². The second kappa shape index (κ2) is 8.33. The van der Waals surface area contributed by atoms with Gasteiger partial charge in [-0.15, -0.1) is 0 Å². The Bertz CT molecular complexity index is 710. The molecule has 1 aliphatic heterocycles. The van der Waals surface area contributed by atoms with Crippen molar-refractivity contribution in [2.45, 2.75) is 38.0 Å². The van der Waals surface area contributed by atoms with Crippen LogP contribution >= 0.6 is 0 Å². The minimum absolute atomic E-state index is 0.00828. The van der Waals surface area contributed by atoms with Crippen LogP contribution in [0.1, 0.15) is 31.7 Å². The van der Waals surface area contributed by atoms with Gasteiger partial charge >= 0.3 is 6.03 Å². The summed E-state index contributed by atoms with van der Waals surface area (Å²) in [6.45, 7) is 4.70. The molecule has 0 unspecified atom stereocenters. The number of hydrogen-bond donors (Lipinski definition) is 1. The number of carbonyl (C=O) groups is 2. The van der Waals surface area contributed by atoms with Crippen molar-refractivity contribution in [2.24, 2.45) is 0 Å². The maximum absolute atomic E-state index is 12.9. The first-order valence-electron chi connectivity index (χ1n) is 8.51. The van der Waals surface area contributed by atoms with E-state index < -0.39 is 28.5 Å². The van der Waals surface area contributed by atoms with Crippen LogP contribution in [0.5, 0.6) is 0 Å². The van der Waals surface area contributed by atoms with Gasteiger partial charge in [-0.2, -0.15) is 0 Å². The molecule has 1 N–H and O–H groups in total. The molecule has 0 bridgehead atoms. The average Bonchev–Trinajstić information content (AvgIpc) is 3.12. The summed E-state index contributed by atoms with van der Waals surface area (Å²) in [5.41, 5.74) is 0.914. The Balaban J connectivity index is 2.30. The highest BCUT2D eigenvalue weighted by Gasteiger charge is 2.35. The third kappa shape index (κ3) is 4.72. The molecule has 1 saturated heterocycles. The van der Waals surface area contributed by atoms with E-state index in [9.17, 15) is 18.0 Å². The van der Waals surface area contributed by atoms with Gasteiger partial charge in [0.25, 0.3) is 10.0 Å². The molecule has 0 aliphatic carbocycles. The predicted octanol–water partition coefficient (Wildman–Crippen LogP) is 1.73. The van der Waals surface area contributed by atoms with Crippen molar-refractivity contribution >= 4 is 22.0 Å². The van der Waals surface area contributed by atoms with Crippen LogP contribution in [-0.2, 0) is 14.8 Å². The number of hydrogen-bond acceptors (Lipinski definition) is 4. The van der Waals surface area contributed by atoms with E-state index in [1.165, 1.54) is 17.0 Å². The van der Waals surface area contributed by atoms with Gasteiger partial charge in [-0.1, -0.05) is 24.6 Å². The molecular weight excluding hydrogens is 342 g/mol. The molecule has 2 rings (SSSR count). The van der Waals surface area contributed by atoms with Gasteiger partial charge < -0.3 is 10.2 Å². The normalized spacial score (nSPS) is 14.4. The second-order valence-electron chi connectivity index (χ2n) is 6.15. The summed E-state index contributed by atoms with van der Waals surface area (Å²) in [7, 11) is -4.09. The Morgan fingerprint density at radius 1 is 1.16 bits per heavy atom. The fraction of sp³-hybridized carbons (Fsp3) is 0.529. The molecule has 1 heterocycles. The number of nitrogens with zero attached hydrogens (tertiary/aromatic N) is 2.